The molecule has 0 unspecified atom stereocenters. The van der Waals surface area contributed by atoms with Crippen LogP contribution in [0.3, 0.4) is 0 Å². The monoisotopic (exact) mass is 338 g/mol. The number of hydrogen-bond acceptors (Lipinski definition) is 7. The Balaban J connectivity index is 1.43. The predicted octanol–water partition coefficient (Wildman–Crippen LogP) is 3.13. The summed E-state index contributed by atoms with van der Waals surface area (Å²) in [6, 6.07) is 12.5. The standard InChI is InChI=1S/C18H14N2O5/c1-11-2-4-12(5-3-11)18(21)22-9-16-19-17(20-25-16)13-6-7-14-15(8-13)24-10-23-14/h2-8H,9-10H2,1H3. The maximum Gasteiger partial charge on any atom is 0.338 e. The Morgan fingerprint density at radius 2 is 1.92 bits per heavy atom. The molecule has 1 aliphatic rings. The van der Waals surface area contributed by atoms with E-state index in [1.807, 2.05) is 19.1 Å². The highest BCUT2D eigenvalue weighted by molar-refractivity contribution is 5.89. The van der Waals surface area contributed by atoms with Crippen molar-refractivity contribution < 1.29 is 23.5 Å². The van der Waals surface area contributed by atoms with E-state index in [0.717, 1.165) is 11.1 Å². The summed E-state index contributed by atoms with van der Waals surface area (Å²) in [5, 5.41) is 3.90. The molecule has 0 fully saturated rings. The van der Waals surface area contributed by atoms with Gasteiger partial charge in [-0.25, -0.2) is 4.79 Å². The summed E-state index contributed by atoms with van der Waals surface area (Å²) in [6.07, 6.45) is 0. The number of carbonyl (C=O) groups is 1. The molecule has 2 aromatic carbocycles. The van der Waals surface area contributed by atoms with E-state index in [2.05, 4.69) is 10.1 Å². The van der Waals surface area contributed by atoms with Crippen molar-refractivity contribution >= 4 is 5.97 Å². The zero-order valence-corrected chi connectivity index (χ0v) is 13.4. The molecule has 3 aromatic rings. The topological polar surface area (TPSA) is 83.7 Å². The maximum atomic E-state index is 12.0. The van der Waals surface area contributed by atoms with Gasteiger partial charge in [0.05, 0.1) is 5.56 Å². The van der Waals surface area contributed by atoms with Gasteiger partial charge in [0.1, 0.15) is 0 Å². The third-order valence-corrected chi connectivity index (χ3v) is 3.71. The number of esters is 1. The molecule has 0 spiro atoms. The quantitative estimate of drug-likeness (QED) is 0.676. The van der Waals surface area contributed by atoms with Crippen molar-refractivity contribution in [1.82, 2.24) is 10.1 Å². The van der Waals surface area contributed by atoms with E-state index in [1.165, 1.54) is 0 Å². The summed E-state index contributed by atoms with van der Waals surface area (Å²) in [6.45, 7) is 2.06. The molecular formula is C18H14N2O5. The van der Waals surface area contributed by atoms with Crippen LogP contribution in [0.5, 0.6) is 11.5 Å². The van der Waals surface area contributed by atoms with Gasteiger partial charge < -0.3 is 18.7 Å². The van der Waals surface area contributed by atoms with Crippen LogP contribution in [0, 0.1) is 6.92 Å². The molecule has 2 heterocycles. The Hall–Kier alpha value is -3.35. The van der Waals surface area contributed by atoms with E-state index in [9.17, 15) is 4.79 Å². The molecule has 0 saturated carbocycles. The summed E-state index contributed by atoms with van der Waals surface area (Å²) >= 11 is 0. The van der Waals surface area contributed by atoms with Gasteiger partial charge in [-0.2, -0.15) is 4.98 Å². The molecule has 0 N–H and O–H groups in total. The van der Waals surface area contributed by atoms with Crippen molar-refractivity contribution in [3.8, 4) is 22.9 Å². The Morgan fingerprint density at radius 3 is 2.76 bits per heavy atom. The van der Waals surface area contributed by atoms with Gasteiger partial charge in [0, 0.05) is 5.56 Å². The second-order valence-electron chi connectivity index (χ2n) is 5.52. The normalized spacial score (nSPS) is 12.2. The van der Waals surface area contributed by atoms with E-state index in [-0.39, 0.29) is 19.3 Å². The lowest BCUT2D eigenvalue weighted by Gasteiger charge is -2.02. The van der Waals surface area contributed by atoms with Crippen molar-refractivity contribution in [1.29, 1.82) is 0 Å². The molecule has 0 amide bonds. The average molecular weight is 338 g/mol. The van der Waals surface area contributed by atoms with Crippen molar-refractivity contribution in [2.45, 2.75) is 13.5 Å². The first-order valence-corrected chi connectivity index (χ1v) is 7.65. The van der Waals surface area contributed by atoms with E-state index in [4.69, 9.17) is 18.7 Å². The smallest absolute Gasteiger partial charge is 0.338 e. The molecule has 1 aromatic heterocycles. The van der Waals surface area contributed by atoms with E-state index < -0.39 is 5.97 Å². The third kappa shape index (κ3) is 3.16. The van der Waals surface area contributed by atoms with Gasteiger partial charge in [0.25, 0.3) is 5.89 Å². The van der Waals surface area contributed by atoms with Gasteiger partial charge in [-0.1, -0.05) is 22.9 Å². The lowest BCUT2D eigenvalue weighted by atomic mass is 10.1. The van der Waals surface area contributed by atoms with Crippen LogP contribution in [0.4, 0.5) is 0 Å². The van der Waals surface area contributed by atoms with Crippen molar-refractivity contribution in [3.05, 3.63) is 59.5 Å². The maximum absolute atomic E-state index is 12.0. The number of ether oxygens (including phenoxy) is 3. The van der Waals surface area contributed by atoms with Crippen LogP contribution in [0.2, 0.25) is 0 Å². The van der Waals surface area contributed by atoms with Gasteiger partial charge in [0.2, 0.25) is 12.6 Å². The number of aryl methyl sites for hydroxylation is 1. The summed E-state index contributed by atoms with van der Waals surface area (Å²) in [5.74, 6) is 1.48. The highest BCUT2D eigenvalue weighted by atomic mass is 16.7. The molecular weight excluding hydrogens is 324 g/mol. The van der Waals surface area contributed by atoms with Gasteiger partial charge in [-0.05, 0) is 37.3 Å². The summed E-state index contributed by atoms with van der Waals surface area (Å²) in [5.41, 5.74) is 2.27. The van der Waals surface area contributed by atoms with Crippen molar-refractivity contribution in [2.24, 2.45) is 0 Å². The molecule has 1 aliphatic heterocycles. The fraction of sp³-hybridized carbons (Fsp3) is 0.167. The molecule has 7 heteroatoms. The Bertz CT molecular complexity index is 917. The van der Waals surface area contributed by atoms with E-state index in [0.29, 0.717) is 22.9 Å². The first-order valence-electron chi connectivity index (χ1n) is 7.65. The van der Waals surface area contributed by atoms with Crippen LogP contribution in [0.25, 0.3) is 11.4 Å². The predicted molar refractivity (Wildman–Crippen MR) is 86.2 cm³/mol. The van der Waals surface area contributed by atoms with Gasteiger partial charge in [-0.15, -0.1) is 0 Å². The molecule has 0 atom stereocenters. The van der Waals surface area contributed by atoms with Crippen molar-refractivity contribution in [3.63, 3.8) is 0 Å². The first kappa shape index (κ1) is 15.2. The van der Waals surface area contributed by atoms with Crippen LogP contribution >= 0.6 is 0 Å². The Labute approximate surface area is 143 Å². The van der Waals surface area contributed by atoms with E-state index >= 15 is 0 Å². The second kappa shape index (κ2) is 6.27. The fourth-order valence-corrected chi connectivity index (χ4v) is 2.37. The fourth-order valence-electron chi connectivity index (χ4n) is 2.37. The summed E-state index contributed by atoms with van der Waals surface area (Å²) < 4.78 is 20.9. The average Bonchev–Trinajstić information content (AvgIpc) is 3.28. The highest BCUT2D eigenvalue weighted by Crippen LogP contribution is 2.35. The van der Waals surface area contributed by atoms with Crippen LogP contribution in [0.1, 0.15) is 21.8 Å². The SMILES string of the molecule is Cc1ccc(C(=O)OCc2nc(-c3ccc4c(c3)OCO4)no2)cc1. The molecule has 126 valence electrons. The molecule has 0 aliphatic carbocycles. The molecule has 4 rings (SSSR count). The third-order valence-electron chi connectivity index (χ3n) is 3.71. The van der Waals surface area contributed by atoms with Gasteiger partial charge in [0.15, 0.2) is 18.1 Å². The number of fused-ring (bicyclic) bond motifs is 1. The minimum Gasteiger partial charge on any atom is -0.454 e. The van der Waals surface area contributed by atoms with Crippen LogP contribution in [-0.2, 0) is 11.3 Å². The number of aromatic nitrogens is 2. The van der Waals surface area contributed by atoms with Crippen molar-refractivity contribution in [2.75, 3.05) is 6.79 Å². The lowest BCUT2D eigenvalue weighted by Crippen LogP contribution is -2.05. The van der Waals surface area contributed by atoms with Crippen LogP contribution in [-0.4, -0.2) is 22.9 Å². The van der Waals surface area contributed by atoms with Gasteiger partial charge in [-0.3, -0.25) is 0 Å². The Kier molecular flexibility index (Phi) is 3.81. The number of rotatable bonds is 4. The molecule has 0 saturated heterocycles. The minimum atomic E-state index is -0.442. The largest absolute Gasteiger partial charge is 0.454 e. The molecule has 7 nitrogen and oxygen atoms in total. The number of benzene rings is 2. The van der Waals surface area contributed by atoms with Crippen LogP contribution < -0.4 is 9.47 Å². The van der Waals surface area contributed by atoms with Gasteiger partial charge >= 0.3 is 5.97 Å². The number of carbonyl (C=O) groups excluding carboxylic acids is 1. The summed E-state index contributed by atoms with van der Waals surface area (Å²) in [4.78, 5) is 16.2. The molecule has 0 radical (unpaired) electrons. The summed E-state index contributed by atoms with van der Waals surface area (Å²) in [7, 11) is 0. The van der Waals surface area contributed by atoms with Crippen LogP contribution in [0.15, 0.2) is 47.0 Å². The Morgan fingerprint density at radius 1 is 1.12 bits per heavy atom. The minimum absolute atomic E-state index is 0.0930. The van der Waals surface area contributed by atoms with E-state index in [1.54, 1.807) is 30.3 Å². The number of hydrogen-bond donors (Lipinski definition) is 0. The highest BCUT2D eigenvalue weighted by Gasteiger charge is 2.17. The lowest BCUT2D eigenvalue weighted by molar-refractivity contribution is 0.0430. The second-order valence-corrected chi connectivity index (χ2v) is 5.52. The number of nitrogens with zero attached hydrogens (tertiary/aromatic N) is 2. The zero-order chi connectivity index (χ0) is 17.2. The zero-order valence-electron chi connectivity index (χ0n) is 13.4. The first-order chi connectivity index (χ1) is 12.2. The molecule has 0 bridgehead atoms. The molecule has 25 heavy (non-hydrogen) atoms.